The summed E-state index contributed by atoms with van der Waals surface area (Å²) in [6.07, 6.45) is -0.502. The molecule has 0 bridgehead atoms. The minimum Gasteiger partial charge on any atom is -0.439 e. The van der Waals surface area contributed by atoms with Crippen LogP contribution in [0.5, 0.6) is 11.6 Å². The molecule has 0 spiro atoms. The maximum atomic E-state index is 10.5. The molecule has 0 aliphatic carbocycles. The molecule has 1 aromatic heterocycles. The van der Waals surface area contributed by atoms with Gasteiger partial charge in [0.05, 0.1) is 35.8 Å². The molecule has 0 radical (unpaired) electrons. The molecular formula is C26H34ClN3O3. The first-order chi connectivity index (χ1) is 15.7. The number of aryl methyl sites for hydroxylation is 1. The van der Waals surface area contributed by atoms with Crippen LogP contribution in [0.15, 0.2) is 54.6 Å². The van der Waals surface area contributed by atoms with Crippen LogP contribution in [-0.2, 0) is 11.3 Å². The maximum Gasteiger partial charge on any atom is 0.227 e. The molecule has 0 fully saturated rings. The predicted molar refractivity (Wildman–Crippen MR) is 132 cm³/mol. The highest BCUT2D eigenvalue weighted by Crippen LogP contribution is 2.32. The van der Waals surface area contributed by atoms with Gasteiger partial charge in [0.1, 0.15) is 5.75 Å². The van der Waals surface area contributed by atoms with E-state index in [2.05, 4.69) is 18.7 Å². The molecule has 1 unspecified atom stereocenters. The highest BCUT2D eigenvalue weighted by atomic mass is 35.5. The van der Waals surface area contributed by atoms with Crippen molar-refractivity contribution >= 4 is 11.6 Å². The number of benzene rings is 2. The lowest BCUT2D eigenvalue weighted by atomic mass is 10.2. The molecule has 0 saturated carbocycles. The second-order valence-electron chi connectivity index (χ2n) is 8.73. The van der Waals surface area contributed by atoms with Crippen molar-refractivity contribution in [1.82, 2.24) is 14.7 Å². The van der Waals surface area contributed by atoms with Gasteiger partial charge in [0, 0.05) is 24.2 Å². The topological polar surface area (TPSA) is 59.8 Å². The van der Waals surface area contributed by atoms with Crippen LogP contribution in [0, 0.1) is 6.92 Å². The van der Waals surface area contributed by atoms with Crippen molar-refractivity contribution in [3.63, 3.8) is 0 Å². The molecule has 178 valence electrons. The minimum atomic E-state index is -0.583. The summed E-state index contributed by atoms with van der Waals surface area (Å²) in [5.74, 6) is 1.33. The number of hydrogen-bond acceptors (Lipinski definition) is 5. The van der Waals surface area contributed by atoms with E-state index in [4.69, 9.17) is 26.2 Å². The van der Waals surface area contributed by atoms with Crippen molar-refractivity contribution in [1.29, 1.82) is 0 Å². The number of halogens is 1. The Balaban J connectivity index is 1.93. The van der Waals surface area contributed by atoms with Crippen molar-refractivity contribution in [2.24, 2.45) is 0 Å². The molecule has 7 heteroatoms. The third-order valence-corrected chi connectivity index (χ3v) is 5.58. The van der Waals surface area contributed by atoms with Crippen molar-refractivity contribution in [2.75, 3.05) is 13.2 Å². The van der Waals surface area contributed by atoms with Crippen LogP contribution in [0.4, 0.5) is 0 Å². The van der Waals surface area contributed by atoms with E-state index in [9.17, 15) is 5.11 Å². The van der Waals surface area contributed by atoms with Crippen LogP contribution >= 0.6 is 11.6 Å². The highest BCUT2D eigenvalue weighted by molar-refractivity contribution is 6.30. The highest BCUT2D eigenvalue weighted by Gasteiger charge is 2.24. The predicted octanol–water partition coefficient (Wildman–Crippen LogP) is 5.62. The average molecular weight is 472 g/mol. The quantitative estimate of drug-likeness (QED) is 0.393. The Morgan fingerprint density at radius 1 is 1.03 bits per heavy atom. The summed E-state index contributed by atoms with van der Waals surface area (Å²) in [5.41, 5.74) is 2.76. The third-order valence-electron chi connectivity index (χ3n) is 5.32. The van der Waals surface area contributed by atoms with Crippen molar-refractivity contribution < 1.29 is 14.6 Å². The second-order valence-corrected chi connectivity index (χ2v) is 9.17. The summed E-state index contributed by atoms with van der Waals surface area (Å²) in [6, 6.07) is 17.4. The van der Waals surface area contributed by atoms with Crippen molar-refractivity contribution in [3.8, 4) is 17.3 Å². The van der Waals surface area contributed by atoms with Crippen LogP contribution in [-0.4, -0.2) is 51.2 Å². The van der Waals surface area contributed by atoms with E-state index >= 15 is 0 Å². The van der Waals surface area contributed by atoms with Crippen LogP contribution in [0.25, 0.3) is 5.69 Å². The van der Waals surface area contributed by atoms with Gasteiger partial charge in [0.25, 0.3) is 0 Å². The van der Waals surface area contributed by atoms with Gasteiger partial charge in [0.2, 0.25) is 5.88 Å². The van der Waals surface area contributed by atoms with Gasteiger partial charge in [-0.3, -0.25) is 4.90 Å². The molecule has 3 aromatic rings. The Kier molecular flexibility index (Phi) is 8.92. The normalized spacial score (nSPS) is 12.7. The van der Waals surface area contributed by atoms with Gasteiger partial charge in [-0.1, -0.05) is 29.8 Å². The fourth-order valence-electron chi connectivity index (χ4n) is 3.47. The number of aromatic nitrogens is 2. The van der Waals surface area contributed by atoms with Gasteiger partial charge in [-0.2, -0.15) is 5.10 Å². The fourth-order valence-corrected chi connectivity index (χ4v) is 3.60. The zero-order valence-electron chi connectivity index (χ0n) is 20.0. The molecule has 0 amide bonds. The van der Waals surface area contributed by atoms with E-state index in [0.29, 0.717) is 36.3 Å². The Labute approximate surface area is 201 Å². The summed E-state index contributed by atoms with van der Waals surface area (Å²) in [6.45, 7) is 11.5. The van der Waals surface area contributed by atoms with Gasteiger partial charge in [-0.25, -0.2) is 4.68 Å². The second kappa shape index (κ2) is 11.7. The van der Waals surface area contributed by atoms with E-state index in [0.717, 1.165) is 16.9 Å². The zero-order chi connectivity index (χ0) is 24.0. The molecule has 3 rings (SSSR count). The van der Waals surface area contributed by atoms with Crippen LogP contribution in [0.3, 0.4) is 0 Å². The van der Waals surface area contributed by atoms with Crippen LogP contribution < -0.4 is 4.74 Å². The number of aliphatic hydroxyl groups excluding tert-OH is 1. The first-order valence-electron chi connectivity index (χ1n) is 11.4. The number of nitrogens with zero attached hydrogens (tertiary/aromatic N) is 3. The summed E-state index contributed by atoms with van der Waals surface area (Å²) >= 11 is 6.06. The Bertz CT molecular complexity index is 1000. The van der Waals surface area contributed by atoms with Gasteiger partial charge in [0.15, 0.2) is 0 Å². The molecule has 33 heavy (non-hydrogen) atoms. The molecule has 1 heterocycles. The summed E-state index contributed by atoms with van der Waals surface area (Å²) in [7, 11) is 0. The molecule has 1 atom stereocenters. The van der Waals surface area contributed by atoms with Crippen LogP contribution in [0.1, 0.15) is 39.0 Å². The van der Waals surface area contributed by atoms with E-state index in [1.54, 1.807) is 12.1 Å². The van der Waals surface area contributed by atoms with Gasteiger partial charge in [-0.15, -0.1) is 0 Å². The Hall–Kier alpha value is -2.38. The minimum absolute atomic E-state index is 0.0814. The van der Waals surface area contributed by atoms with Gasteiger partial charge < -0.3 is 14.6 Å². The molecule has 0 aliphatic rings. The summed E-state index contributed by atoms with van der Waals surface area (Å²) in [5, 5.41) is 16.0. The smallest absolute Gasteiger partial charge is 0.227 e. The lowest BCUT2D eigenvalue weighted by Gasteiger charge is -2.29. The van der Waals surface area contributed by atoms with Crippen molar-refractivity contribution in [3.05, 3.63) is 70.9 Å². The summed E-state index contributed by atoms with van der Waals surface area (Å²) < 4.78 is 13.8. The largest absolute Gasteiger partial charge is 0.439 e. The Morgan fingerprint density at radius 3 is 2.30 bits per heavy atom. The number of para-hydroxylation sites is 1. The van der Waals surface area contributed by atoms with Crippen molar-refractivity contribution in [2.45, 2.75) is 59.4 Å². The number of aliphatic hydroxyl groups is 1. The molecule has 1 N–H and O–H groups in total. The van der Waals surface area contributed by atoms with E-state index in [-0.39, 0.29) is 12.1 Å². The number of ether oxygens (including phenoxy) is 2. The fraction of sp³-hybridized carbons (Fsp3) is 0.423. The first-order valence-corrected chi connectivity index (χ1v) is 11.7. The lowest BCUT2D eigenvalue weighted by Crippen LogP contribution is -2.39. The third kappa shape index (κ3) is 7.05. The molecule has 0 saturated heterocycles. The maximum absolute atomic E-state index is 10.5. The molecule has 6 nitrogen and oxygen atoms in total. The van der Waals surface area contributed by atoms with E-state index in [1.165, 1.54) is 0 Å². The molecular weight excluding hydrogens is 438 g/mol. The standard InChI is InChI=1S/C26H34ClN3O3/c1-18(2)29(15-23(31)17-32-19(3)4)16-25-20(5)28-30(22-9-7-6-8-10-22)26(25)33-24-13-11-21(27)12-14-24/h6-14,18-19,23,31H,15-17H2,1-5H3. The monoisotopic (exact) mass is 471 g/mol. The SMILES string of the molecule is Cc1nn(-c2ccccc2)c(Oc2ccc(Cl)cc2)c1CN(CC(O)COC(C)C)C(C)C. The van der Waals surface area contributed by atoms with E-state index < -0.39 is 6.10 Å². The Morgan fingerprint density at radius 2 is 1.70 bits per heavy atom. The van der Waals surface area contributed by atoms with Gasteiger partial charge >= 0.3 is 0 Å². The first kappa shape index (κ1) is 25.2. The number of hydrogen-bond donors (Lipinski definition) is 1. The lowest BCUT2D eigenvalue weighted by molar-refractivity contribution is -0.0137. The van der Waals surface area contributed by atoms with Crippen LogP contribution in [0.2, 0.25) is 5.02 Å². The summed E-state index contributed by atoms with van der Waals surface area (Å²) in [4.78, 5) is 2.21. The van der Waals surface area contributed by atoms with Gasteiger partial charge in [-0.05, 0) is 71.0 Å². The molecule has 2 aromatic carbocycles. The van der Waals surface area contributed by atoms with E-state index in [1.807, 2.05) is 67.9 Å². The average Bonchev–Trinajstić information content (AvgIpc) is 3.09. The number of rotatable bonds is 11. The molecule has 0 aliphatic heterocycles. The zero-order valence-corrected chi connectivity index (χ0v) is 20.8.